The van der Waals surface area contributed by atoms with Crippen LogP contribution in [0.25, 0.3) is 0 Å². The minimum Gasteiger partial charge on any atom is -0.481 e. The Morgan fingerprint density at radius 3 is 1.86 bits per heavy atom. The van der Waals surface area contributed by atoms with E-state index >= 15 is 0 Å². The number of carboxylic acids is 1. The molecule has 0 aliphatic carbocycles. The molecule has 1 rings (SSSR count). The Morgan fingerprint density at radius 2 is 1.64 bits per heavy atom. The van der Waals surface area contributed by atoms with E-state index in [1.54, 1.807) is 0 Å². The fourth-order valence-electron chi connectivity index (χ4n) is 1.67. The highest BCUT2D eigenvalue weighted by Gasteiger charge is 2.58. The Morgan fingerprint density at radius 1 is 1.21 bits per heavy atom. The third-order valence-electron chi connectivity index (χ3n) is 3.04. The van der Waals surface area contributed by atoms with E-state index in [4.69, 9.17) is 10.2 Å². The van der Waals surface area contributed by atoms with Gasteiger partial charge in [0, 0.05) is 13.1 Å². The van der Waals surface area contributed by atoms with Gasteiger partial charge in [-0.25, -0.2) is 4.79 Å². The molecular weight excluding hydrogens is 186 g/mol. The van der Waals surface area contributed by atoms with Gasteiger partial charge >= 0.3 is 12.1 Å². The van der Waals surface area contributed by atoms with Gasteiger partial charge in [-0.1, -0.05) is 20.8 Å². The quantitative estimate of drug-likeness (QED) is 0.665. The van der Waals surface area contributed by atoms with Crippen LogP contribution in [-0.2, 0) is 4.79 Å². The second-order valence-corrected chi connectivity index (χ2v) is 4.78. The number of hydrogen-bond donors (Lipinski definition) is 2. The molecule has 1 saturated heterocycles. The molecule has 0 atom stereocenters. The molecule has 1 aliphatic rings. The maximum Gasteiger partial charge on any atom is 0.407 e. The third kappa shape index (κ3) is 1.32. The maximum absolute atomic E-state index is 11.1. The monoisotopic (exact) mass is 201 g/mol. The first-order valence-electron chi connectivity index (χ1n) is 4.42. The molecule has 0 aromatic rings. The molecule has 1 amide bonds. The van der Waals surface area contributed by atoms with Gasteiger partial charge in [0.2, 0.25) is 0 Å². The largest absolute Gasteiger partial charge is 0.481 e. The van der Waals surface area contributed by atoms with Gasteiger partial charge in [-0.3, -0.25) is 4.79 Å². The van der Waals surface area contributed by atoms with Crippen LogP contribution in [0.5, 0.6) is 0 Å². The Bertz CT molecular complexity index is 273. The topological polar surface area (TPSA) is 77.8 Å². The van der Waals surface area contributed by atoms with Crippen molar-refractivity contribution in [3.05, 3.63) is 0 Å². The number of aliphatic carboxylic acids is 1. The van der Waals surface area contributed by atoms with Crippen LogP contribution in [0.1, 0.15) is 20.8 Å². The van der Waals surface area contributed by atoms with Gasteiger partial charge in [0.25, 0.3) is 0 Å². The molecular formula is C9H15NO4. The lowest BCUT2D eigenvalue weighted by Crippen LogP contribution is -2.67. The van der Waals surface area contributed by atoms with Gasteiger partial charge in [-0.05, 0) is 5.41 Å². The van der Waals surface area contributed by atoms with Crippen molar-refractivity contribution in [3.63, 3.8) is 0 Å². The molecule has 1 heterocycles. The molecule has 14 heavy (non-hydrogen) atoms. The average Bonchev–Trinajstić information content (AvgIpc) is 1.77. The van der Waals surface area contributed by atoms with E-state index in [9.17, 15) is 9.59 Å². The number of nitrogens with zero attached hydrogens (tertiary/aromatic N) is 1. The zero-order chi connectivity index (χ0) is 11.1. The van der Waals surface area contributed by atoms with E-state index in [1.165, 1.54) is 0 Å². The Kier molecular flexibility index (Phi) is 2.21. The number of carboxylic acid groups (broad SMARTS) is 2. The van der Waals surface area contributed by atoms with Crippen LogP contribution in [0.3, 0.4) is 0 Å². The zero-order valence-corrected chi connectivity index (χ0v) is 8.57. The summed E-state index contributed by atoms with van der Waals surface area (Å²) in [6.07, 6.45) is -1.05. The zero-order valence-electron chi connectivity index (χ0n) is 8.57. The fraction of sp³-hybridized carbons (Fsp3) is 0.778. The highest BCUT2D eigenvalue weighted by Crippen LogP contribution is 2.46. The molecule has 1 fully saturated rings. The summed E-state index contributed by atoms with van der Waals surface area (Å²) in [5, 5.41) is 17.7. The Balaban J connectivity index is 2.83. The first kappa shape index (κ1) is 10.8. The molecule has 1 aliphatic heterocycles. The summed E-state index contributed by atoms with van der Waals surface area (Å²) in [5.74, 6) is -0.914. The van der Waals surface area contributed by atoms with Crippen LogP contribution in [0.4, 0.5) is 4.79 Å². The van der Waals surface area contributed by atoms with Crippen LogP contribution in [0.15, 0.2) is 0 Å². The summed E-state index contributed by atoms with van der Waals surface area (Å²) >= 11 is 0. The van der Waals surface area contributed by atoms with Crippen LogP contribution in [0.2, 0.25) is 0 Å². The molecule has 0 aromatic heterocycles. The van der Waals surface area contributed by atoms with E-state index in [2.05, 4.69) is 0 Å². The fourth-order valence-corrected chi connectivity index (χ4v) is 1.67. The summed E-state index contributed by atoms with van der Waals surface area (Å²) in [6, 6.07) is 0. The lowest BCUT2D eigenvalue weighted by Gasteiger charge is -2.52. The smallest absolute Gasteiger partial charge is 0.407 e. The van der Waals surface area contributed by atoms with Crippen LogP contribution in [0, 0.1) is 10.8 Å². The van der Waals surface area contributed by atoms with E-state index < -0.39 is 22.9 Å². The number of likely N-dealkylation sites (tertiary alicyclic amines) is 1. The van der Waals surface area contributed by atoms with E-state index in [-0.39, 0.29) is 13.1 Å². The first-order valence-corrected chi connectivity index (χ1v) is 4.42. The maximum atomic E-state index is 11.1. The van der Waals surface area contributed by atoms with Gasteiger partial charge in [0.15, 0.2) is 0 Å². The van der Waals surface area contributed by atoms with Gasteiger partial charge in [0.1, 0.15) is 5.41 Å². The van der Waals surface area contributed by atoms with Crippen molar-refractivity contribution in [1.82, 2.24) is 4.90 Å². The van der Waals surface area contributed by atoms with Crippen molar-refractivity contribution in [1.29, 1.82) is 0 Å². The number of amides is 1. The first-order chi connectivity index (χ1) is 6.21. The second kappa shape index (κ2) is 2.87. The predicted octanol–water partition coefficient (Wildman–Crippen LogP) is 1.10. The molecule has 0 spiro atoms. The highest BCUT2D eigenvalue weighted by atomic mass is 16.4. The Hall–Kier alpha value is -1.26. The van der Waals surface area contributed by atoms with E-state index in [1.807, 2.05) is 20.8 Å². The summed E-state index contributed by atoms with van der Waals surface area (Å²) in [5.41, 5.74) is -1.35. The van der Waals surface area contributed by atoms with Gasteiger partial charge in [0.05, 0.1) is 0 Å². The van der Waals surface area contributed by atoms with Crippen LogP contribution >= 0.6 is 0 Å². The predicted molar refractivity (Wildman–Crippen MR) is 49.1 cm³/mol. The molecule has 0 radical (unpaired) electrons. The standard InChI is InChI=1S/C9H15NO4/c1-8(2,3)9(6(11)12)4-10(5-9)7(13)14/h4-5H2,1-3H3,(H,11,12)(H,13,14). The summed E-state index contributed by atoms with van der Waals surface area (Å²) in [7, 11) is 0. The van der Waals surface area contributed by atoms with Crippen molar-refractivity contribution in [2.45, 2.75) is 20.8 Å². The second-order valence-electron chi connectivity index (χ2n) is 4.78. The minimum absolute atomic E-state index is 0.0845. The Labute approximate surface area is 82.3 Å². The summed E-state index contributed by atoms with van der Waals surface area (Å²) in [6.45, 7) is 5.63. The van der Waals surface area contributed by atoms with Gasteiger partial charge in [-0.15, -0.1) is 0 Å². The van der Waals surface area contributed by atoms with Gasteiger partial charge < -0.3 is 15.1 Å². The third-order valence-corrected chi connectivity index (χ3v) is 3.04. The van der Waals surface area contributed by atoms with Gasteiger partial charge in [-0.2, -0.15) is 0 Å². The van der Waals surface area contributed by atoms with Crippen molar-refractivity contribution in [2.24, 2.45) is 10.8 Å². The van der Waals surface area contributed by atoms with Crippen molar-refractivity contribution in [2.75, 3.05) is 13.1 Å². The normalized spacial score (nSPS) is 20.1. The lowest BCUT2D eigenvalue weighted by atomic mass is 9.62. The number of rotatable bonds is 1. The van der Waals surface area contributed by atoms with Crippen molar-refractivity contribution < 1.29 is 19.8 Å². The molecule has 0 bridgehead atoms. The molecule has 5 nitrogen and oxygen atoms in total. The summed E-state index contributed by atoms with van der Waals surface area (Å²) in [4.78, 5) is 22.8. The molecule has 5 heteroatoms. The lowest BCUT2D eigenvalue weighted by molar-refractivity contribution is -0.171. The van der Waals surface area contributed by atoms with Crippen molar-refractivity contribution in [3.8, 4) is 0 Å². The number of hydrogen-bond acceptors (Lipinski definition) is 2. The van der Waals surface area contributed by atoms with Crippen LogP contribution in [-0.4, -0.2) is 40.3 Å². The van der Waals surface area contributed by atoms with E-state index in [0.717, 1.165) is 4.90 Å². The molecule has 0 saturated carbocycles. The van der Waals surface area contributed by atoms with Crippen molar-refractivity contribution >= 4 is 12.1 Å². The van der Waals surface area contributed by atoms with E-state index in [0.29, 0.717) is 0 Å². The minimum atomic E-state index is -1.05. The molecule has 0 unspecified atom stereocenters. The summed E-state index contributed by atoms with van der Waals surface area (Å²) < 4.78 is 0. The SMILES string of the molecule is CC(C)(C)C1(C(=O)O)CN(C(=O)O)C1. The molecule has 80 valence electrons. The van der Waals surface area contributed by atoms with Crippen LogP contribution < -0.4 is 0 Å². The molecule has 0 aromatic carbocycles. The molecule has 2 N–H and O–H groups in total. The highest BCUT2D eigenvalue weighted by molar-refractivity contribution is 5.81. The average molecular weight is 201 g/mol. The number of carbonyl (C=O) groups is 2.